The van der Waals surface area contributed by atoms with E-state index in [2.05, 4.69) is 10.5 Å². The molecule has 1 aliphatic rings. The molecule has 1 aliphatic heterocycles. The highest BCUT2D eigenvalue weighted by atomic mass is 19.1. The number of nitrogens with zero attached hydrogens (tertiary/aromatic N) is 2. The molecule has 0 aliphatic carbocycles. The van der Waals surface area contributed by atoms with Crippen LogP contribution in [0.25, 0.3) is 0 Å². The Kier molecular flexibility index (Phi) is 3.85. The monoisotopic (exact) mass is 317 g/mol. The number of amides is 2. The van der Waals surface area contributed by atoms with Gasteiger partial charge in [-0.3, -0.25) is 9.59 Å². The van der Waals surface area contributed by atoms with Crippen LogP contribution in [0.2, 0.25) is 0 Å². The van der Waals surface area contributed by atoms with E-state index < -0.39 is 12.0 Å². The molecule has 2 aromatic rings. The fourth-order valence-electron chi connectivity index (χ4n) is 2.86. The van der Waals surface area contributed by atoms with Gasteiger partial charge in [0.25, 0.3) is 0 Å². The van der Waals surface area contributed by atoms with Gasteiger partial charge in [0.1, 0.15) is 11.6 Å². The fourth-order valence-corrected chi connectivity index (χ4v) is 2.86. The number of aryl methyl sites for hydroxylation is 1. The molecule has 2 heterocycles. The van der Waals surface area contributed by atoms with Gasteiger partial charge in [0.05, 0.1) is 12.0 Å². The van der Waals surface area contributed by atoms with E-state index in [-0.39, 0.29) is 24.1 Å². The van der Waals surface area contributed by atoms with Crippen LogP contribution in [0, 0.1) is 18.7 Å². The zero-order valence-electron chi connectivity index (χ0n) is 12.7. The molecule has 23 heavy (non-hydrogen) atoms. The van der Waals surface area contributed by atoms with Gasteiger partial charge in [-0.25, -0.2) is 4.39 Å². The lowest BCUT2D eigenvalue weighted by molar-refractivity contribution is -0.127. The Morgan fingerprint density at radius 3 is 2.70 bits per heavy atom. The number of nitrogens with one attached hydrogen (secondary N) is 1. The second-order valence-electron chi connectivity index (χ2n) is 5.62. The third kappa shape index (κ3) is 2.94. The summed E-state index contributed by atoms with van der Waals surface area (Å²) in [6.45, 7) is 1.72. The summed E-state index contributed by atoms with van der Waals surface area (Å²) in [5.74, 6) is -0.488. The lowest BCUT2D eigenvalue weighted by Gasteiger charge is -2.24. The Morgan fingerprint density at radius 2 is 2.09 bits per heavy atom. The van der Waals surface area contributed by atoms with E-state index in [1.807, 2.05) is 0 Å². The van der Waals surface area contributed by atoms with Crippen LogP contribution in [0.3, 0.4) is 0 Å². The number of benzene rings is 1. The molecule has 0 radical (unpaired) electrons. The van der Waals surface area contributed by atoms with Crippen LogP contribution in [-0.4, -0.2) is 28.9 Å². The fraction of sp³-hybridized carbons (Fsp3) is 0.312. The van der Waals surface area contributed by atoms with Crippen LogP contribution < -0.4 is 5.32 Å². The van der Waals surface area contributed by atoms with Crippen molar-refractivity contribution in [3.63, 3.8) is 0 Å². The van der Waals surface area contributed by atoms with Crippen molar-refractivity contribution in [2.24, 2.45) is 5.92 Å². The summed E-state index contributed by atoms with van der Waals surface area (Å²) in [5, 5.41) is 6.38. The predicted octanol–water partition coefficient (Wildman–Crippen LogP) is 2.28. The van der Waals surface area contributed by atoms with Crippen LogP contribution in [0.1, 0.15) is 23.8 Å². The summed E-state index contributed by atoms with van der Waals surface area (Å²) in [6.07, 6.45) is 0.0984. The van der Waals surface area contributed by atoms with Crippen LogP contribution in [0.4, 0.5) is 10.2 Å². The molecular weight excluding hydrogens is 301 g/mol. The summed E-state index contributed by atoms with van der Waals surface area (Å²) in [7, 11) is 1.64. The van der Waals surface area contributed by atoms with Gasteiger partial charge in [-0.15, -0.1) is 0 Å². The maximum atomic E-state index is 13.1. The highest BCUT2D eigenvalue weighted by Crippen LogP contribution is 2.37. The Morgan fingerprint density at radius 1 is 1.39 bits per heavy atom. The Bertz CT molecular complexity index is 741. The van der Waals surface area contributed by atoms with E-state index in [9.17, 15) is 14.0 Å². The third-order valence-electron chi connectivity index (χ3n) is 4.01. The molecule has 1 N–H and O–H groups in total. The number of halogens is 1. The predicted molar refractivity (Wildman–Crippen MR) is 79.9 cm³/mol. The van der Waals surface area contributed by atoms with E-state index in [0.717, 1.165) is 5.56 Å². The average Bonchev–Trinajstić information content (AvgIpc) is 3.05. The molecule has 7 heteroatoms. The van der Waals surface area contributed by atoms with Crippen molar-refractivity contribution >= 4 is 17.6 Å². The quantitative estimate of drug-likeness (QED) is 0.942. The number of aromatic nitrogens is 1. The van der Waals surface area contributed by atoms with Crippen molar-refractivity contribution in [2.75, 3.05) is 12.4 Å². The Labute approximate surface area is 132 Å². The maximum absolute atomic E-state index is 13.1. The first-order chi connectivity index (χ1) is 11.0. The van der Waals surface area contributed by atoms with Crippen molar-refractivity contribution in [3.8, 4) is 0 Å². The van der Waals surface area contributed by atoms with Crippen LogP contribution in [-0.2, 0) is 9.59 Å². The largest absolute Gasteiger partial charge is 0.360 e. The molecule has 1 aromatic heterocycles. The molecule has 0 spiro atoms. The lowest BCUT2D eigenvalue weighted by atomic mass is 9.93. The molecule has 3 rings (SSSR count). The third-order valence-corrected chi connectivity index (χ3v) is 4.01. The van der Waals surface area contributed by atoms with E-state index in [1.165, 1.54) is 17.0 Å². The first-order valence-corrected chi connectivity index (χ1v) is 7.21. The van der Waals surface area contributed by atoms with Gasteiger partial charge in [-0.05, 0) is 24.6 Å². The summed E-state index contributed by atoms with van der Waals surface area (Å²) in [5.41, 5.74) is 0.719. The Hall–Kier alpha value is -2.70. The van der Waals surface area contributed by atoms with E-state index in [4.69, 9.17) is 4.52 Å². The van der Waals surface area contributed by atoms with Crippen LogP contribution in [0.5, 0.6) is 0 Å². The molecule has 2 amide bonds. The summed E-state index contributed by atoms with van der Waals surface area (Å²) in [4.78, 5) is 26.1. The van der Waals surface area contributed by atoms with Gasteiger partial charge in [0, 0.05) is 19.5 Å². The minimum absolute atomic E-state index is 0.0984. The molecular formula is C16H16FN3O3. The highest BCUT2D eigenvalue weighted by Gasteiger charge is 2.42. The second-order valence-corrected chi connectivity index (χ2v) is 5.62. The maximum Gasteiger partial charge on any atom is 0.231 e. The minimum atomic E-state index is -0.574. The highest BCUT2D eigenvalue weighted by molar-refractivity contribution is 5.97. The minimum Gasteiger partial charge on any atom is -0.360 e. The van der Waals surface area contributed by atoms with Crippen molar-refractivity contribution in [2.45, 2.75) is 19.4 Å². The van der Waals surface area contributed by atoms with E-state index >= 15 is 0 Å². The zero-order valence-corrected chi connectivity index (χ0v) is 12.7. The first kappa shape index (κ1) is 15.2. The summed E-state index contributed by atoms with van der Waals surface area (Å²) in [6, 6.07) is 7.00. The van der Waals surface area contributed by atoms with Gasteiger partial charge in [0.2, 0.25) is 11.8 Å². The lowest BCUT2D eigenvalue weighted by Crippen LogP contribution is -2.30. The van der Waals surface area contributed by atoms with Crippen molar-refractivity contribution in [3.05, 3.63) is 47.5 Å². The molecule has 0 bridgehead atoms. The molecule has 2 atom stereocenters. The number of rotatable bonds is 3. The van der Waals surface area contributed by atoms with Crippen molar-refractivity contribution in [1.82, 2.24) is 10.1 Å². The topological polar surface area (TPSA) is 75.4 Å². The molecule has 1 fully saturated rings. The SMILES string of the molecule is Cc1cc(NC(=O)[C@H]2CC(=O)N(C)[C@H]2c2ccc(F)cc2)no1. The van der Waals surface area contributed by atoms with Gasteiger partial charge < -0.3 is 14.7 Å². The van der Waals surface area contributed by atoms with Gasteiger partial charge in [-0.1, -0.05) is 17.3 Å². The Balaban J connectivity index is 1.85. The van der Waals surface area contributed by atoms with E-state index in [1.54, 1.807) is 32.2 Å². The first-order valence-electron chi connectivity index (χ1n) is 7.21. The van der Waals surface area contributed by atoms with Crippen molar-refractivity contribution < 1.29 is 18.5 Å². The van der Waals surface area contributed by atoms with E-state index in [0.29, 0.717) is 11.6 Å². The van der Waals surface area contributed by atoms with Crippen LogP contribution in [0.15, 0.2) is 34.9 Å². The molecule has 0 unspecified atom stereocenters. The average molecular weight is 317 g/mol. The number of anilines is 1. The molecule has 120 valence electrons. The molecule has 1 aromatic carbocycles. The van der Waals surface area contributed by atoms with Gasteiger partial charge in [-0.2, -0.15) is 0 Å². The van der Waals surface area contributed by atoms with Gasteiger partial charge in [0.15, 0.2) is 5.82 Å². The summed E-state index contributed by atoms with van der Waals surface area (Å²) >= 11 is 0. The smallest absolute Gasteiger partial charge is 0.231 e. The number of carbonyl (C=O) groups excluding carboxylic acids is 2. The number of hydrogen-bond donors (Lipinski definition) is 1. The number of hydrogen-bond acceptors (Lipinski definition) is 4. The molecule has 6 nitrogen and oxygen atoms in total. The number of carbonyl (C=O) groups is 2. The zero-order chi connectivity index (χ0) is 16.6. The number of likely N-dealkylation sites (tertiary alicyclic amines) is 1. The van der Waals surface area contributed by atoms with Crippen molar-refractivity contribution in [1.29, 1.82) is 0 Å². The normalized spacial score (nSPS) is 20.8. The standard InChI is InChI=1S/C16H16FN3O3/c1-9-7-13(19-23-9)18-16(22)12-8-14(21)20(2)15(12)10-3-5-11(17)6-4-10/h3-7,12,15H,8H2,1-2H3,(H,18,19,22)/t12-,15-/m0/s1. The summed E-state index contributed by atoms with van der Waals surface area (Å²) < 4.78 is 18.0. The van der Waals surface area contributed by atoms with Crippen LogP contribution >= 0.6 is 0 Å². The van der Waals surface area contributed by atoms with Gasteiger partial charge >= 0.3 is 0 Å². The molecule has 1 saturated heterocycles. The molecule has 0 saturated carbocycles. The second kappa shape index (κ2) is 5.83.